The quantitative estimate of drug-likeness (QED) is 0.333. The van der Waals surface area contributed by atoms with Crippen LogP contribution in [0.1, 0.15) is 24.5 Å². The van der Waals surface area contributed by atoms with Gasteiger partial charge in [-0.05, 0) is 18.6 Å². The van der Waals surface area contributed by atoms with Gasteiger partial charge in [-0.1, -0.05) is 48.5 Å². The van der Waals surface area contributed by atoms with E-state index in [-0.39, 0.29) is 42.2 Å². The molecular formula is C21H28FIN4O. The highest BCUT2D eigenvalue weighted by molar-refractivity contribution is 14.0. The molecule has 0 unspecified atom stereocenters. The molecule has 0 atom stereocenters. The second kappa shape index (κ2) is 13.1. The molecule has 7 heteroatoms. The van der Waals surface area contributed by atoms with Gasteiger partial charge in [-0.15, -0.1) is 24.0 Å². The first-order valence-electron chi connectivity index (χ1n) is 9.13. The van der Waals surface area contributed by atoms with Crippen molar-refractivity contribution in [3.8, 4) is 0 Å². The summed E-state index contributed by atoms with van der Waals surface area (Å²) in [4.78, 5) is 18.4. The Morgan fingerprint density at radius 1 is 1.07 bits per heavy atom. The fraction of sp³-hybridized carbons (Fsp3) is 0.333. The number of benzene rings is 2. The molecule has 5 nitrogen and oxygen atoms in total. The summed E-state index contributed by atoms with van der Waals surface area (Å²) >= 11 is 0. The lowest BCUT2D eigenvalue weighted by atomic mass is 10.2. The molecule has 0 aliphatic heterocycles. The van der Waals surface area contributed by atoms with Crippen LogP contribution in [-0.2, 0) is 17.9 Å². The molecule has 0 saturated carbocycles. The van der Waals surface area contributed by atoms with Gasteiger partial charge in [0, 0.05) is 38.7 Å². The molecule has 2 aromatic rings. The van der Waals surface area contributed by atoms with Crippen LogP contribution in [0.5, 0.6) is 0 Å². The lowest BCUT2D eigenvalue weighted by Gasteiger charge is -2.18. The first-order valence-corrected chi connectivity index (χ1v) is 9.13. The van der Waals surface area contributed by atoms with Crippen LogP contribution in [0.3, 0.4) is 0 Å². The van der Waals surface area contributed by atoms with Crippen LogP contribution in [0.15, 0.2) is 59.6 Å². The lowest BCUT2D eigenvalue weighted by molar-refractivity contribution is -0.130. The Kier molecular flexibility index (Phi) is 11.2. The van der Waals surface area contributed by atoms with Gasteiger partial charge in [-0.3, -0.25) is 4.79 Å². The highest BCUT2D eigenvalue weighted by atomic mass is 127. The molecule has 0 bridgehead atoms. The molecule has 1 amide bonds. The first-order chi connectivity index (χ1) is 13.1. The maximum Gasteiger partial charge on any atom is 0.224 e. The van der Waals surface area contributed by atoms with Crippen LogP contribution in [0.4, 0.5) is 4.39 Å². The predicted molar refractivity (Wildman–Crippen MR) is 122 cm³/mol. The number of amides is 1. The minimum absolute atomic E-state index is 0. The van der Waals surface area contributed by atoms with Crippen LogP contribution in [0.2, 0.25) is 0 Å². The minimum atomic E-state index is -0.269. The lowest BCUT2D eigenvalue weighted by Crippen LogP contribution is -2.39. The Morgan fingerprint density at radius 3 is 2.43 bits per heavy atom. The largest absolute Gasteiger partial charge is 0.357 e. The third-order valence-electron chi connectivity index (χ3n) is 4.03. The second-order valence-electron chi connectivity index (χ2n) is 6.20. The summed E-state index contributed by atoms with van der Waals surface area (Å²) in [5.41, 5.74) is 1.63. The van der Waals surface area contributed by atoms with Crippen LogP contribution < -0.4 is 10.6 Å². The van der Waals surface area contributed by atoms with E-state index in [1.807, 2.05) is 37.3 Å². The number of guanidine groups is 1. The Hall–Kier alpha value is -2.16. The van der Waals surface area contributed by atoms with E-state index in [1.54, 1.807) is 30.1 Å². The van der Waals surface area contributed by atoms with E-state index >= 15 is 0 Å². The monoisotopic (exact) mass is 498 g/mol. The van der Waals surface area contributed by atoms with E-state index in [0.29, 0.717) is 37.6 Å². The van der Waals surface area contributed by atoms with Gasteiger partial charge in [-0.25, -0.2) is 9.38 Å². The van der Waals surface area contributed by atoms with E-state index in [1.165, 1.54) is 6.07 Å². The van der Waals surface area contributed by atoms with Gasteiger partial charge in [0.15, 0.2) is 5.96 Å². The fourth-order valence-corrected chi connectivity index (χ4v) is 2.56. The molecule has 0 radical (unpaired) electrons. The molecule has 0 aliphatic rings. The van der Waals surface area contributed by atoms with Crippen LogP contribution in [0.25, 0.3) is 0 Å². The highest BCUT2D eigenvalue weighted by Crippen LogP contribution is 2.07. The summed E-state index contributed by atoms with van der Waals surface area (Å²) in [5, 5.41) is 6.24. The van der Waals surface area contributed by atoms with Crippen molar-refractivity contribution in [1.82, 2.24) is 15.5 Å². The molecule has 0 fully saturated rings. The van der Waals surface area contributed by atoms with Gasteiger partial charge < -0.3 is 15.5 Å². The van der Waals surface area contributed by atoms with Crippen LogP contribution in [-0.4, -0.2) is 36.9 Å². The number of nitrogens with zero attached hydrogens (tertiary/aromatic N) is 2. The summed E-state index contributed by atoms with van der Waals surface area (Å²) < 4.78 is 13.7. The molecule has 152 valence electrons. The molecule has 2 rings (SSSR count). The Morgan fingerprint density at radius 2 is 1.75 bits per heavy atom. The molecule has 0 aromatic heterocycles. The van der Waals surface area contributed by atoms with Gasteiger partial charge in [0.2, 0.25) is 5.91 Å². The summed E-state index contributed by atoms with van der Waals surface area (Å²) in [6.07, 6.45) is 0.355. The zero-order valence-electron chi connectivity index (χ0n) is 16.3. The molecule has 0 spiro atoms. The standard InChI is InChI=1S/C21H27FN4O.HI/c1-3-23-21(25-15-18-11-7-8-12-19(18)22)24-14-13-20(27)26(2)16-17-9-5-4-6-10-17;/h4-12H,3,13-16H2,1-2H3,(H2,23,24,25);1H. The number of hydrogen-bond acceptors (Lipinski definition) is 2. The smallest absolute Gasteiger partial charge is 0.224 e. The molecule has 0 aliphatic carbocycles. The summed E-state index contributed by atoms with van der Waals surface area (Å²) in [7, 11) is 1.80. The Balaban J connectivity index is 0.00000392. The van der Waals surface area contributed by atoms with E-state index in [9.17, 15) is 9.18 Å². The van der Waals surface area contributed by atoms with E-state index < -0.39 is 0 Å². The zero-order valence-corrected chi connectivity index (χ0v) is 18.7. The maximum atomic E-state index is 13.7. The Bertz CT molecular complexity index is 755. The number of halogens is 2. The van der Waals surface area contributed by atoms with E-state index in [0.717, 1.165) is 5.56 Å². The van der Waals surface area contributed by atoms with Crippen LogP contribution in [0, 0.1) is 5.82 Å². The van der Waals surface area contributed by atoms with Crippen molar-refractivity contribution in [2.45, 2.75) is 26.4 Å². The molecule has 2 aromatic carbocycles. The highest BCUT2D eigenvalue weighted by Gasteiger charge is 2.09. The summed E-state index contributed by atoms with van der Waals surface area (Å²) in [6, 6.07) is 16.5. The third kappa shape index (κ3) is 8.24. The van der Waals surface area contributed by atoms with Gasteiger partial charge in [-0.2, -0.15) is 0 Å². The summed E-state index contributed by atoms with van der Waals surface area (Å²) in [6.45, 7) is 3.93. The number of carbonyl (C=O) groups is 1. The SMILES string of the molecule is CCNC(=NCc1ccccc1F)NCCC(=O)N(C)Cc1ccccc1.I. The van der Waals surface area contributed by atoms with Crippen molar-refractivity contribution in [1.29, 1.82) is 0 Å². The zero-order chi connectivity index (χ0) is 19.5. The molecule has 2 N–H and O–H groups in total. The molecule has 0 saturated heterocycles. The number of carbonyl (C=O) groups excluding carboxylic acids is 1. The van der Waals surface area contributed by atoms with E-state index in [2.05, 4.69) is 15.6 Å². The molecule has 28 heavy (non-hydrogen) atoms. The number of rotatable bonds is 8. The normalized spacial score (nSPS) is 10.8. The topological polar surface area (TPSA) is 56.7 Å². The molecule has 0 heterocycles. The fourth-order valence-electron chi connectivity index (χ4n) is 2.56. The van der Waals surface area contributed by atoms with E-state index in [4.69, 9.17) is 0 Å². The minimum Gasteiger partial charge on any atom is -0.357 e. The van der Waals surface area contributed by atoms with Gasteiger partial charge in [0.05, 0.1) is 6.54 Å². The predicted octanol–water partition coefficient (Wildman–Crippen LogP) is 3.55. The average Bonchev–Trinajstić information content (AvgIpc) is 2.67. The summed E-state index contributed by atoms with van der Waals surface area (Å²) in [5.74, 6) is 0.352. The van der Waals surface area contributed by atoms with Gasteiger partial charge in [0.25, 0.3) is 0 Å². The number of nitrogens with one attached hydrogen (secondary N) is 2. The van der Waals surface area contributed by atoms with Crippen LogP contribution >= 0.6 is 24.0 Å². The number of hydrogen-bond donors (Lipinski definition) is 2. The Labute approximate surface area is 183 Å². The van der Waals surface area contributed by atoms with Crippen molar-refractivity contribution >= 4 is 35.8 Å². The van der Waals surface area contributed by atoms with Crippen molar-refractivity contribution < 1.29 is 9.18 Å². The second-order valence-corrected chi connectivity index (χ2v) is 6.20. The van der Waals surface area contributed by atoms with Crippen molar-refractivity contribution in [3.05, 3.63) is 71.5 Å². The van der Waals surface area contributed by atoms with Crippen molar-refractivity contribution in [2.24, 2.45) is 4.99 Å². The maximum absolute atomic E-state index is 13.7. The third-order valence-corrected chi connectivity index (χ3v) is 4.03. The van der Waals surface area contributed by atoms with Gasteiger partial charge >= 0.3 is 0 Å². The van der Waals surface area contributed by atoms with Crippen molar-refractivity contribution in [3.63, 3.8) is 0 Å². The van der Waals surface area contributed by atoms with Crippen molar-refractivity contribution in [2.75, 3.05) is 20.1 Å². The average molecular weight is 498 g/mol. The van der Waals surface area contributed by atoms with Gasteiger partial charge in [0.1, 0.15) is 5.82 Å². The first kappa shape index (κ1) is 23.9. The molecular weight excluding hydrogens is 470 g/mol. The number of aliphatic imine (C=N–C) groups is 1.